The third-order valence-electron chi connectivity index (χ3n) is 3.80. The monoisotopic (exact) mass is 318 g/mol. The SMILES string of the molecule is O=C(c1c2cccccc-2oc1=O)c1c2cccccc-2oc1=O. The van der Waals surface area contributed by atoms with E-state index in [4.69, 9.17) is 8.83 Å². The zero-order valence-electron chi connectivity index (χ0n) is 12.3. The molecule has 116 valence electrons. The molecule has 0 spiro atoms. The summed E-state index contributed by atoms with van der Waals surface area (Å²) in [5.74, 6) is -0.113. The number of furan rings is 2. The molecule has 0 unspecified atom stereocenters. The lowest BCUT2D eigenvalue weighted by atomic mass is 9.99. The topological polar surface area (TPSA) is 77.5 Å². The summed E-state index contributed by atoms with van der Waals surface area (Å²) in [6, 6.07) is 16.7. The van der Waals surface area contributed by atoms with Gasteiger partial charge in [-0.1, -0.05) is 48.5 Å². The first kappa shape index (κ1) is 14.1. The Balaban J connectivity index is 1.98. The Morgan fingerprint density at radius 3 is 1.50 bits per heavy atom. The minimum Gasteiger partial charge on any atom is -0.422 e. The summed E-state index contributed by atoms with van der Waals surface area (Å²) < 4.78 is 10.3. The number of ketones is 1. The molecule has 4 rings (SSSR count). The van der Waals surface area contributed by atoms with Gasteiger partial charge in [-0.15, -0.1) is 0 Å². The fraction of sp³-hybridized carbons (Fsp3) is 0. The highest BCUT2D eigenvalue weighted by atomic mass is 16.4. The Hall–Kier alpha value is -3.47. The Morgan fingerprint density at radius 1 is 0.625 bits per heavy atom. The van der Waals surface area contributed by atoms with Crippen LogP contribution in [0.4, 0.5) is 0 Å². The van der Waals surface area contributed by atoms with E-state index in [0.29, 0.717) is 22.6 Å². The molecule has 0 N–H and O–H groups in total. The van der Waals surface area contributed by atoms with Crippen LogP contribution in [0, 0.1) is 0 Å². The van der Waals surface area contributed by atoms with Crippen LogP contribution in [0.15, 0.2) is 79.1 Å². The van der Waals surface area contributed by atoms with Gasteiger partial charge in [0.05, 0.1) is 0 Å². The quantitative estimate of drug-likeness (QED) is 0.531. The molecular weight excluding hydrogens is 308 g/mol. The maximum absolute atomic E-state index is 12.9. The van der Waals surface area contributed by atoms with Crippen molar-refractivity contribution in [2.24, 2.45) is 0 Å². The fourth-order valence-corrected chi connectivity index (χ4v) is 2.73. The molecule has 5 nitrogen and oxygen atoms in total. The minimum absolute atomic E-state index is 0.160. The first-order valence-electron chi connectivity index (χ1n) is 7.25. The van der Waals surface area contributed by atoms with Crippen molar-refractivity contribution >= 4 is 5.78 Å². The highest BCUT2D eigenvalue weighted by molar-refractivity contribution is 6.15. The smallest absolute Gasteiger partial charge is 0.348 e. The number of hydrogen-bond acceptors (Lipinski definition) is 5. The van der Waals surface area contributed by atoms with Gasteiger partial charge in [0, 0.05) is 11.1 Å². The first-order valence-corrected chi connectivity index (χ1v) is 7.25. The Labute approximate surface area is 135 Å². The van der Waals surface area contributed by atoms with Gasteiger partial charge in [0.25, 0.3) is 0 Å². The lowest BCUT2D eigenvalue weighted by Crippen LogP contribution is -2.17. The van der Waals surface area contributed by atoms with Gasteiger partial charge in [-0.3, -0.25) is 4.79 Å². The van der Waals surface area contributed by atoms with Crippen LogP contribution in [0.3, 0.4) is 0 Å². The molecule has 0 fully saturated rings. The van der Waals surface area contributed by atoms with Crippen molar-refractivity contribution in [3.8, 4) is 22.6 Å². The van der Waals surface area contributed by atoms with E-state index >= 15 is 0 Å². The van der Waals surface area contributed by atoms with E-state index in [1.807, 2.05) is 0 Å². The molecule has 24 heavy (non-hydrogen) atoms. The fourth-order valence-electron chi connectivity index (χ4n) is 2.73. The molecule has 0 radical (unpaired) electrons. The minimum atomic E-state index is -0.768. The van der Waals surface area contributed by atoms with Crippen molar-refractivity contribution in [2.75, 3.05) is 0 Å². The second-order valence-electron chi connectivity index (χ2n) is 5.24. The highest BCUT2D eigenvalue weighted by Crippen LogP contribution is 2.29. The van der Waals surface area contributed by atoms with Crippen molar-refractivity contribution in [1.29, 1.82) is 0 Å². The van der Waals surface area contributed by atoms with E-state index in [1.165, 1.54) is 0 Å². The van der Waals surface area contributed by atoms with E-state index in [9.17, 15) is 14.4 Å². The molecular formula is C19H10O5. The van der Waals surface area contributed by atoms with Gasteiger partial charge < -0.3 is 8.83 Å². The van der Waals surface area contributed by atoms with Crippen molar-refractivity contribution in [3.05, 3.63) is 92.6 Å². The van der Waals surface area contributed by atoms with Crippen molar-refractivity contribution in [1.82, 2.24) is 0 Å². The molecule has 0 aromatic rings. The summed E-state index contributed by atoms with van der Waals surface area (Å²) in [6.45, 7) is 0. The van der Waals surface area contributed by atoms with Crippen LogP contribution in [0.2, 0.25) is 0 Å². The molecule has 0 bridgehead atoms. The molecule has 5 heteroatoms. The van der Waals surface area contributed by atoms with Crippen LogP contribution in [0.1, 0.15) is 15.9 Å². The summed E-state index contributed by atoms with van der Waals surface area (Å²) in [6.07, 6.45) is 0. The van der Waals surface area contributed by atoms with Crippen molar-refractivity contribution in [3.63, 3.8) is 0 Å². The number of fused-ring (bicyclic) bond motifs is 2. The molecule has 2 heterocycles. The molecule has 0 aromatic carbocycles. The van der Waals surface area contributed by atoms with E-state index in [0.717, 1.165) is 0 Å². The van der Waals surface area contributed by atoms with Gasteiger partial charge in [0.15, 0.2) is 0 Å². The van der Waals surface area contributed by atoms with Gasteiger partial charge in [0.2, 0.25) is 5.78 Å². The van der Waals surface area contributed by atoms with E-state index in [2.05, 4.69) is 0 Å². The third kappa shape index (κ3) is 2.06. The first-order chi connectivity index (χ1) is 11.7. The maximum Gasteiger partial charge on any atom is 0.348 e. The van der Waals surface area contributed by atoms with Crippen LogP contribution in [-0.2, 0) is 0 Å². The number of carbonyl (C=O) groups is 1. The van der Waals surface area contributed by atoms with Gasteiger partial charge >= 0.3 is 11.3 Å². The van der Waals surface area contributed by atoms with Crippen molar-refractivity contribution in [2.45, 2.75) is 0 Å². The van der Waals surface area contributed by atoms with E-state index < -0.39 is 17.0 Å². The predicted octanol–water partition coefficient (Wildman–Crippen LogP) is 3.03. The van der Waals surface area contributed by atoms with E-state index in [1.54, 1.807) is 60.7 Å². The predicted molar refractivity (Wildman–Crippen MR) is 86.6 cm³/mol. The van der Waals surface area contributed by atoms with Gasteiger partial charge in [0.1, 0.15) is 22.6 Å². The number of hydrogen-bond donors (Lipinski definition) is 0. The molecule has 0 saturated heterocycles. The molecule has 2 aliphatic heterocycles. The largest absolute Gasteiger partial charge is 0.422 e. The Kier molecular flexibility index (Phi) is 3.13. The Morgan fingerprint density at radius 2 is 1.04 bits per heavy atom. The van der Waals surface area contributed by atoms with E-state index in [-0.39, 0.29) is 11.1 Å². The zero-order chi connectivity index (χ0) is 16.7. The van der Waals surface area contributed by atoms with Crippen LogP contribution in [0.25, 0.3) is 22.6 Å². The second kappa shape index (κ2) is 5.31. The van der Waals surface area contributed by atoms with Gasteiger partial charge in [-0.25, -0.2) is 9.59 Å². The van der Waals surface area contributed by atoms with Crippen LogP contribution < -0.4 is 11.3 Å². The molecule has 0 atom stereocenters. The lowest BCUT2D eigenvalue weighted by molar-refractivity contribution is 0.103. The lowest BCUT2D eigenvalue weighted by Gasteiger charge is -1.96. The Bertz CT molecular complexity index is 1030. The van der Waals surface area contributed by atoms with Gasteiger partial charge in [-0.05, 0) is 12.1 Å². The number of rotatable bonds is 2. The normalized spacial score (nSPS) is 11.0. The zero-order valence-corrected chi connectivity index (χ0v) is 12.3. The van der Waals surface area contributed by atoms with Crippen LogP contribution in [-0.4, -0.2) is 5.78 Å². The summed E-state index contributed by atoms with van der Waals surface area (Å²) in [5.41, 5.74) is -1.13. The molecule has 0 saturated carbocycles. The second-order valence-corrected chi connectivity index (χ2v) is 5.24. The average molecular weight is 318 g/mol. The summed E-state index contributed by atoms with van der Waals surface area (Å²) in [5, 5.41) is 0. The standard InChI is InChI=1S/C19H10O5/c20-17(15-11-7-3-1-5-9-13(11)23-18(15)21)16-12-8-4-2-6-10-14(12)24-19(16)22/h1-10H. The number of carbonyl (C=O) groups excluding carboxylic acids is 1. The third-order valence-corrected chi connectivity index (χ3v) is 3.80. The molecule has 2 aliphatic carbocycles. The summed E-state index contributed by atoms with van der Waals surface area (Å²) in [4.78, 5) is 37.3. The maximum atomic E-state index is 12.9. The summed E-state index contributed by atoms with van der Waals surface area (Å²) >= 11 is 0. The van der Waals surface area contributed by atoms with Crippen molar-refractivity contribution < 1.29 is 13.6 Å². The molecule has 0 aromatic heterocycles. The molecule has 4 aliphatic rings. The molecule has 0 amide bonds. The average Bonchev–Trinajstić information content (AvgIpc) is 2.81. The summed E-state index contributed by atoms with van der Waals surface area (Å²) in [7, 11) is 0. The highest BCUT2D eigenvalue weighted by Gasteiger charge is 2.30. The van der Waals surface area contributed by atoms with Crippen LogP contribution >= 0.6 is 0 Å². The van der Waals surface area contributed by atoms with Crippen LogP contribution in [0.5, 0.6) is 0 Å². The van der Waals surface area contributed by atoms with Gasteiger partial charge in [-0.2, -0.15) is 0 Å².